The Bertz CT molecular complexity index is 603. The van der Waals surface area contributed by atoms with E-state index in [1.165, 1.54) is 18.2 Å². The third kappa shape index (κ3) is 4.24. The van der Waals surface area contributed by atoms with Crippen LogP contribution in [0.1, 0.15) is 11.1 Å². The Morgan fingerprint density at radius 3 is 2.40 bits per heavy atom. The van der Waals surface area contributed by atoms with Crippen LogP contribution in [0.3, 0.4) is 0 Å². The lowest BCUT2D eigenvalue weighted by Gasteiger charge is -2.02. The summed E-state index contributed by atoms with van der Waals surface area (Å²) in [7, 11) is 0. The zero-order valence-corrected chi connectivity index (χ0v) is 10.7. The Balaban J connectivity index is 1.86. The molecule has 0 heterocycles. The van der Waals surface area contributed by atoms with Crippen LogP contribution in [0.4, 0.5) is 4.39 Å². The van der Waals surface area contributed by atoms with E-state index in [0.29, 0.717) is 6.54 Å². The van der Waals surface area contributed by atoms with Gasteiger partial charge in [-0.25, -0.2) is 4.39 Å². The number of benzene rings is 2. The molecule has 4 heteroatoms. The standard InChI is InChI=1S/C16H14FNO2/c17-14-6-1-13(2-7-14)11-18-16(20)10-5-12-3-8-15(19)9-4-12/h1-10,19H,11H2,(H,18,20)/b10-5+. The third-order valence-electron chi connectivity index (χ3n) is 2.70. The number of phenols is 1. The maximum absolute atomic E-state index is 12.7. The highest BCUT2D eigenvalue weighted by molar-refractivity contribution is 5.91. The molecule has 20 heavy (non-hydrogen) atoms. The van der Waals surface area contributed by atoms with Crippen molar-refractivity contribution in [3.8, 4) is 5.75 Å². The highest BCUT2D eigenvalue weighted by atomic mass is 19.1. The van der Waals surface area contributed by atoms with E-state index in [9.17, 15) is 9.18 Å². The van der Waals surface area contributed by atoms with Crippen LogP contribution < -0.4 is 5.32 Å². The van der Waals surface area contributed by atoms with Crippen LogP contribution >= 0.6 is 0 Å². The monoisotopic (exact) mass is 271 g/mol. The van der Waals surface area contributed by atoms with E-state index in [2.05, 4.69) is 5.32 Å². The Morgan fingerprint density at radius 1 is 1.10 bits per heavy atom. The highest BCUT2D eigenvalue weighted by Crippen LogP contribution is 2.10. The summed E-state index contributed by atoms with van der Waals surface area (Å²) in [5, 5.41) is 11.8. The first-order chi connectivity index (χ1) is 9.63. The number of amides is 1. The van der Waals surface area contributed by atoms with Crippen LogP contribution in [-0.2, 0) is 11.3 Å². The number of carbonyl (C=O) groups is 1. The molecule has 0 aliphatic rings. The molecule has 3 nitrogen and oxygen atoms in total. The Hall–Kier alpha value is -2.62. The number of halogens is 1. The van der Waals surface area contributed by atoms with Gasteiger partial charge in [0.05, 0.1) is 0 Å². The number of nitrogens with one attached hydrogen (secondary N) is 1. The summed E-state index contributed by atoms with van der Waals surface area (Å²) in [4.78, 5) is 11.6. The van der Waals surface area contributed by atoms with E-state index in [1.54, 1.807) is 42.5 Å². The summed E-state index contributed by atoms with van der Waals surface area (Å²) in [5.41, 5.74) is 1.65. The largest absolute Gasteiger partial charge is 0.508 e. The predicted octanol–water partition coefficient (Wildman–Crippen LogP) is 2.86. The first-order valence-corrected chi connectivity index (χ1v) is 6.13. The fraction of sp³-hybridized carbons (Fsp3) is 0.0625. The molecule has 0 unspecified atom stereocenters. The fourth-order valence-corrected chi connectivity index (χ4v) is 1.61. The number of hydrogen-bond acceptors (Lipinski definition) is 2. The highest BCUT2D eigenvalue weighted by Gasteiger charge is 1.97. The molecule has 0 bridgehead atoms. The summed E-state index contributed by atoms with van der Waals surface area (Å²) < 4.78 is 12.7. The molecule has 1 amide bonds. The van der Waals surface area contributed by atoms with Crippen LogP contribution in [-0.4, -0.2) is 11.0 Å². The first kappa shape index (κ1) is 13.8. The molecular weight excluding hydrogens is 257 g/mol. The van der Waals surface area contributed by atoms with E-state index >= 15 is 0 Å². The smallest absolute Gasteiger partial charge is 0.244 e. The average molecular weight is 271 g/mol. The third-order valence-corrected chi connectivity index (χ3v) is 2.70. The average Bonchev–Trinajstić information content (AvgIpc) is 2.46. The number of rotatable bonds is 4. The first-order valence-electron chi connectivity index (χ1n) is 6.13. The quantitative estimate of drug-likeness (QED) is 0.840. The molecule has 0 atom stereocenters. The summed E-state index contributed by atoms with van der Waals surface area (Å²) in [6, 6.07) is 12.5. The van der Waals surface area contributed by atoms with Crippen LogP contribution in [0.2, 0.25) is 0 Å². The Kier molecular flexibility index (Phi) is 4.50. The van der Waals surface area contributed by atoms with Crippen molar-refractivity contribution >= 4 is 12.0 Å². The van der Waals surface area contributed by atoms with Crippen molar-refractivity contribution in [1.29, 1.82) is 0 Å². The number of aromatic hydroxyl groups is 1. The minimum absolute atomic E-state index is 0.183. The van der Waals surface area contributed by atoms with Gasteiger partial charge in [-0.3, -0.25) is 4.79 Å². The summed E-state index contributed by atoms with van der Waals surface area (Å²) in [6.07, 6.45) is 3.06. The molecule has 0 aromatic heterocycles. The zero-order valence-electron chi connectivity index (χ0n) is 10.7. The van der Waals surface area contributed by atoms with Crippen LogP contribution in [0.25, 0.3) is 6.08 Å². The normalized spacial score (nSPS) is 10.7. The van der Waals surface area contributed by atoms with E-state index in [4.69, 9.17) is 5.11 Å². The molecule has 0 aliphatic heterocycles. The summed E-state index contributed by atoms with van der Waals surface area (Å²) in [5.74, 6) is -0.349. The zero-order chi connectivity index (χ0) is 14.4. The van der Waals surface area contributed by atoms with Gasteiger partial charge in [0.25, 0.3) is 0 Å². The van der Waals surface area contributed by atoms with Gasteiger partial charge >= 0.3 is 0 Å². The Morgan fingerprint density at radius 2 is 1.75 bits per heavy atom. The molecule has 2 aromatic rings. The van der Waals surface area contributed by atoms with E-state index in [0.717, 1.165) is 11.1 Å². The van der Waals surface area contributed by atoms with Crippen molar-refractivity contribution < 1.29 is 14.3 Å². The van der Waals surface area contributed by atoms with Crippen LogP contribution in [0, 0.1) is 5.82 Å². The maximum atomic E-state index is 12.7. The predicted molar refractivity (Wildman–Crippen MR) is 75.4 cm³/mol. The number of carbonyl (C=O) groups excluding carboxylic acids is 1. The Labute approximate surface area is 116 Å². The summed E-state index contributed by atoms with van der Waals surface area (Å²) in [6.45, 7) is 0.346. The molecule has 2 aromatic carbocycles. The minimum atomic E-state index is -0.299. The second-order valence-electron chi connectivity index (χ2n) is 4.27. The molecule has 0 fully saturated rings. The van der Waals surface area contributed by atoms with Gasteiger partial charge in [0.15, 0.2) is 0 Å². The van der Waals surface area contributed by atoms with Crippen molar-refractivity contribution in [2.45, 2.75) is 6.54 Å². The summed E-state index contributed by atoms with van der Waals surface area (Å²) >= 11 is 0. The molecular formula is C16H14FNO2. The molecule has 102 valence electrons. The SMILES string of the molecule is O=C(/C=C/c1ccc(O)cc1)NCc1ccc(F)cc1. The van der Waals surface area contributed by atoms with E-state index < -0.39 is 0 Å². The van der Waals surface area contributed by atoms with E-state index in [-0.39, 0.29) is 17.5 Å². The maximum Gasteiger partial charge on any atom is 0.244 e. The molecule has 0 saturated carbocycles. The molecule has 0 saturated heterocycles. The lowest BCUT2D eigenvalue weighted by molar-refractivity contribution is -0.116. The van der Waals surface area contributed by atoms with Gasteiger partial charge in [0.2, 0.25) is 5.91 Å². The number of phenolic OH excluding ortho intramolecular Hbond substituents is 1. The van der Waals surface area contributed by atoms with Gasteiger partial charge < -0.3 is 10.4 Å². The molecule has 2 rings (SSSR count). The molecule has 2 N–H and O–H groups in total. The minimum Gasteiger partial charge on any atom is -0.508 e. The van der Waals surface area contributed by atoms with Crippen LogP contribution in [0.15, 0.2) is 54.6 Å². The van der Waals surface area contributed by atoms with Crippen molar-refractivity contribution in [1.82, 2.24) is 5.32 Å². The lowest BCUT2D eigenvalue weighted by Crippen LogP contribution is -2.20. The van der Waals surface area contributed by atoms with Crippen molar-refractivity contribution in [3.63, 3.8) is 0 Å². The molecule has 0 spiro atoms. The van der Waals surface area contributed by atoms with Gasteiger partial charge in [-0.1, -0.05) is 24.3 Å². The molecule has 0 aliphatic carbocycles. The lowest BCUT2D eigenvalue weighted by atomic mass is 10.2. The second-order valence-corrected chi connectivity index (χ2v) is 4.27. The topological polar surface area (TPSA) is 49.3 Å². The van der Waals surface area contributed by atoms with Gasteiger partial charge in [0, 0.05) is 12.6 Å². The van der Waals surface area contributed by atoms with Crippen LogP contribution in [0.5, 0.6) is 5.75 Å². The second kappa shape index (κ2) is 6.52. The van der Waals surface area contributed by atoms with Gasteiger partial charge in [-0.15, -0.1) is 0 Å². The van der Waals surface area contributed by atoms with Gasteiger partial charge in [0.1, 0.15) is 11.6 Å². The van der Waals surface area contributed by atoms with Crippen molar-refractivity contribution in [2.24, 2.45) is 0 Å². The van der Waals surface area contributed by atoms with Crippen molar-refractivity contribution in [2.75, 3.05) is 0 Å². The van der Waals surface area contributed by atoms with E-state index in [1.807, 2.05) is 0 Å². The van der Waals surface area contributed by atoms with Gasteiger partial charge in [-0.2, -0.15) is 0 Å². The van der Waals surface area contributed by atoms with Gasteiger partial charge in [-0.05, 0) is 41.5 Å². The molecule has 0 radical (unpaired) electrons. The number of hydrogen-bond donors (Lipinski definition) is 2. The fourth-order valence-electron chi connectivity index (χ4n) is 1.61. The van der Waals surface area contributed by atoms with Crippen molar-refractivity contribution in [3.05, 3.63) is 71.6 Å².